The van der Waals surface area contributed by atoms with Crippen molar-refractivity contribution in [2.45, 2.75) is 91.6 Å². The molecule has 0 saturated carbocycles. The topological polar surface area (TPSA) is 12.4 Å². The molecular weight excluding hydrogens is 357 g/mol. The first-order valence-corrected chi connectivity index (χ1v) is 11.5. The Morgan fingerprint density at radius 3 is 1.96 bits per heavy atom. The first-order chi connectivity index (χ1) is 11.3. The molecule has 1 aliphatic carbocycles. The van der Waals surface area contributed by atoms with Crippen LogP contribution < -0.4 is 0 Å². The van der Waals surface area contributed by atoms with Crippen molar-refractivity contribution in [1.82, 2.24) is 0 Å². The summed E-state index contributed by atoms with van der Waals surface area (Å²) < 4.78 is 5.22. The Balaban J connectivity index is 0. The molecule has 142 valence electrons. The van der Waals surface area contributed by atoms with Crippen LogP contribution in [0.1, 0.15) is 74.7 Å². The Morgan fingerprint density at radius 1 is 1.04 bits per heavy atom. The van der Waals surface area contributed by atoms with Crippen LogP contribution in [-0.2, 0) is 21.7 Å². The zero-order chi connectivity index (χ0) is 18.6. The van der Waals surface area contributed by atoms with Crippen LogP contribution >= 0.6 is 7.05 Å². The van der Waals surface area contributed by atoms with E-state index in [0.29, 0.717) is 17.0 Å². The van der Waals surface area contributed by atoms with Crippen LogP contribution in [0.4, 0.5) is 0 Å². The van der Waals surface area contributed by atoms with Gasteiger partial charge in [0.25, 0.3) is 0 Å². The van der Waals surface area contributed by atoms with Crippen molar-refractivity contribution in [1.29, 1.82) is 0 Å². The van der Waals surface area contributed by atoms with Crippen LogP contribution in [-0.4, -0.2) is 17.0 Å². The largest absolute Gasteiger partial charge is 0.271 e. The molecule has 0 amide bonds. The molecule has 0 saturated heterocycles. The van der Waals surface area contributed by atoms with Gasteiger partial charge in [-0.2, -0.15) is 0 Å². The van der Waals surface area contributed by atoms with Gasteiger partial charge in [0.1, 0.15) is 0 Å². The van der Waals surface area contributed by atoms with Crippen LogP contribution in [0.2, 0.25) is 0 Å². The van der Waals surface area contributed by atoms with E-state index in [1.165, 1.54) is 18.5 Å². The molecule has 0 heterocycles. The summed E-state index contributed by atoms with van der Waals surface area (Å²) in [6.45, 7) is 18.3. The normalized spacial score (nSPS) is 14.3. The third-order valence-corrected chi connectivity index (χ3v) is 10.00. The van der Waals surface area contributed by atoms with Gasteiger partial charge in [-0.25, -0.2) is 0 Å². The summed E-state index contributed by atoms with van der Waals surface area (Å²) >= 11 is 0. The second-order valence-corrected chi connectivity index (χ2v) is 12.1. The smallest absolute Gasteiger partial charge is 0.0425 e. The Labute approximate surface area is 173 Å². The van der Waals surface area contributed by atoms with E-state index in [9.17, 15) is 0 Å². The van der Waals surface area contributed by atoms with Gasteiger partial charge in [0.15, 0.2) is 0 Å². The Bertz CT molecular complexity index is 480. The summed E-state index contributed by atoms with van der Waals surface area (Å²) in [4.78, 5) is 0. The number of unbranched alkanes of at least 4 members (excludes halogenated alkanes) is 1. The van der Waals surface area contributed by atoms with Crippen LogP contribution in [0.3, 0.4) is 0 Å². The summed E-state index contributed by atoms with van der Waals surface area (Å²) in [6.07, 6.45) is 18.3. The quantitative estimate of drug-likeness (QED) is 0.233. The van der Waals surface area contributed by atoms with Crippen molar-refractivity contribution in [3.8, 4) is 0 Å². The standard InChI is InChI=1S/C14H26NP.C8H14.Ti/c1-11(2)16(12(3)4,13(5)6)15-14-9-7-8-10-14;1-3-5-7-8-6-4-2;/h7-9,11-13H,10H2,1-6H3;3,5,7-8H,4,6H2,1-2H3;. The van der Waals surface area contributed by atoms with E-state index in [1.54, 1.807) is 0 Å². The van der Waals surface area contributed by atoms with Crippen LogP contribution in [0.15, 0.2) is 53.0 Å². The molecule has 0 fully saturated rings. The number of hydrogen-bond acceptors (Lipinski definition) is 1. The van der Waals surface area contributed by atoms with Gasteiger partial charge in [-0.15, -0.1) is 0 Å². The van der Waals surface area contributed by atoms with Crippen molar-refractivity contribution in [2.24, 2.45) is 4.74 Å². The average Bonchev–Trinajstić information content (AvgIpc) is 3.02. The van der Waals surface area contributed by atoms with Gasteiger partial charge < -0.3 is 0 Å². The van der Waals surface area contributed by atoms with Gasteiger partial charge in [0.2, 0.25) is 0 Å². The molecule has 25 heavy (non-hydrogen) atoms. The van der Waals surface area contributed by atoms with Crippen LogP contribution in [0.25, 0.3) is 0 Å². The molecule has 0 radical (unpaired) electrons. The number of nitrogens with zero attached hydrogens (tertiary/aromatic N) is 1. The van der Waals surface area contributed by atoms with Gasteiger partial charge in [-0.1, -0.05) is 91.3 Å². The fourth-order valence-corrected chi connectivity index (χ4v) is 8.18. The third kappa shape index (κ3) is 9.41. The number of allylic oxidation sites excluding steroid dienone is 7. The van der Waals surface area contributed by atoms with Crippen molar-refractivity contribution in [2.75, 3.05) is 0 Å². The van der Waals surface area contributed by atoms with Gasteiger partial charge >= 0.3 is 0 Å². The fraction of sp³-hybridized carbons (Fsp3) is 0.636. The van der Waals surface area contributed by atoms with Crippen molar-refractivity contribution in [3.63, 3.8) is 0 Å². The third-order valence-electron chi connectivity index (χ3n) is 4.43. The van der Waals surface area contributed by atoms with Crippen molar-refractivity contribution < 1.29 is 21.7 Å². The Morgan fingerprint density at radius 2 is 1.60 bits per heavy atom. The van der Waals surface area contributed by atoms with E-state index >= 15 is 0 Å². The SMILES string of the molecule is CC(C)P(=NC1=CC=CC1)(C(C)C)C(C)C.CC=CC=CCCC.[Ti]. The molecule has 0 bridgehead atoms. The number of rotatable bonds is 7. The molecule has 0 spiro atoms. The Hall–Kier alpha value is -0.0957. The van der Waals surface area contributed by atoms with Crippen LogP contribution in [0, 0.1) is 0 Å². The van der Waals surface area contributed by atoms with Crippen molar-refractivity contribution >= 4 is 7.05 Å². The molecular formula is C22H40NPTi. The van der Waals surface area contributed by atoms with E-state index in [2.05, 4.69) is 84.9 Å². The summed E-state index contributed by atoms with van der Waals surface area (Å²) in [5.41, 5.74) is 3.36. The first-order valence-electron chi connectivity index (χ1n) is 9.57. The van der Waals surface area contributed by atoms with E-state index in [1.807, 2.05) is 13.0 Å². The minimum Gasteiger partial charge on any atom is -0.271 e. The first kappa shape index (κ1) is 27.1. The molecule has 0 atom stereocenters. The molecule has 0 N–H and O–H groups in total. The molecule has 1 nitrogen and oxygen atoms in total. The summed E-state index contributed by atoms with van der Waals surface area (Å²) in [5, 5.41) is 0. The Kier molecular flexibility index (Phi) is 16.3. The minimum absolute atomic E-state index is 0. The fourth-order valence-electron chi connectivity index (χ4n) is 3.32. The zero-order valence-electron chi connectivity index (χ0n) is 17.8. The molecule has 1 aliphatic rings. The van der Waals surface area contributed by atoms with Gasteiger partial charge in [-0.05, 0) is 43.5 Å². The molecule has 1 rings (SSSR count). The predicted octanol–water partition coefficient (Wildman–Crippen LogP) is 8.17. The molecule has 3 heteroatoms. The zero-order valence-corrected chi connectivity index (χ0v) is 20.2. The maximum Gasteiger partial charge on any atom is 0.0425 e. The predicted molar refractivity (Wildman–Crippen MR) is 115 cm³/mol. The number of hydrogen-bond donors (Lipinski definition) is 0. The minimum atomic E-state index is -1.24. The van der Waals surface area contributed by atoms with Gasteiger partial charge in [0.05, 0.1) is 0 Å². The van der Waals surface area contributed by atoms with E-state index in [0.717, 1.165) is 6.42 Å². The molecule has 0 aromatic rings. The van der Waals surface area contributed by atoms with E-state index < -0.39 is 7.05 Å². The van der Waals surface area contributed by atoms with Crippen molar-refractivity contribution in [3.05, 3.63) is 48.2 Å². The van der Waals surface area contributed by atoms with Gasteiger partial charge in [-0.3, -0.25) is 4.74 Å². The monoisotopic (exact) mass is 397 g/mol. The summed E-state index contributed by atoms with van der Waals surface area (Å²) in [5.74, 6) is 0. The maximum atomic E-state index is 5.22. The maximum absolute atomic E-state index is 5.22. The molecule has 0 aliphatic heterocycles. The summed E-state index contributed by atoms with van der Waals surface area (Å²) in [6, 6.07) is 0. The van der Waals surface area contributed by atoms with Crippen LogP contribution in [0.5, 0.6) is 0 Å². The van der Waals surface area contributed by atoms with Gasteiger partial charge in [0, 0.05) is 33.8 Å². The molecule has 0 unspecified atom stereocenters. The summed E-state index contributed by atoms with van der Waals surface area (Å²) in [7, 11) is -1.24. The van der Waals surface area contributed by atoms with E-state index in [-0.39, 0.29) is 21.7 Å². The molecule has 0 aromatic heterocycles. The molecule has 0 aromatic carbocycles. The van der Waals surface area contributed by atoms with E-state index in [4.69, 9.17) is 4.74 Å². The average molecular weight is 397 g/mol. The second kappa shape index (κ2) is 15.0. The second-order valence-electron chi connectivity index (χ2n) is 7.21.